The van der Waals surface area contributed by atoms with Crippen molar-refractivity contribution in [3.63, 3.8) is 0 Å². The summed E-state index contributed by atoms with van der Waals surface area (Å²) in [7, 11) is 1.70. The van der Waals surface area contributed by atoms with Crippen molar-refractivity contribution >= 4 is 10.0 Å². The zero-order valence-corrected chi connectivity index (χ0v) is 15.0. The molecule has 0 saturated carbocycles. The fraction of sp³-hybridized carbons (Fsp3) is 0.625. The number of rotatable bonds is 5. The summed E-state index contributed by atoms with van der Waals surface area (Å²) in [6, 6.07) is 5.04. The lowest BCUT2D eigenvalue weighted by Gasteiger charge is -2.36. The molecule has 0 amide bonds. The van der Waals surface area contributed by atoms with Gasteiger partial charge in [0.25, 0.3) is 0 Å². The Hall–Kier alpha value is -1.15. The third kappa shape index (κ3) is 4.03. The zero-order valence-electron chi connectivity index (χ0n) is 14.2. The molecule has 1 aromatic rings. The summed E-state index contributed by atoms with van der Waals surface area (Å²) in [4.78, 5) is 2.17. The molecule has 1 N–H and O–H groups in total. The highest BCUT2D eigenvalue weighted by Crippen LogP contribution is 2.30. The van der Waals surface area contributed by atoms with Gasteiger partial charge in [0.15, 0.2) is 0 Å². The lowest BCUT2D eigenvalue weighted by Crippen LogP contribution is -2.48. The normalized spacial score (nSPS) is 23.2. The van der Waals surface area contributed by atoms with Crippen molar-refractivity contribution < 1.29 is 18.3 Å². The molecular formula is C16H26N2O4S. The molecule has 1 saturated heterocycles. The topological polar surface area (TPSA) is 70.1 Å². The van der Waals surface area contributed by atoms with Crippen LogP contribution in [-0.4, -0.2) is 69.7 Å². The van der Waals surface area contributed by atoms with Gasteiger partial charge in [0, 0.05) is 25.6 Å². The van der Waals surface area contributed by atoms with Gasteiger partial charge in [-0.1, -0.05) is 6.07 Å². The van der Waals surface area contributed by atoms with Gasteiger partial charge < -0.3 is 14.7 Å². The summed E-state index contributed by atoms with van der Waals surface area (Å²) in [6.45, 7) is 3.17. The standard InChI is InChI=1S/C16H26N2O4S/c1-12-5-6-16(15(9-12)22-4)23(20,21)18-8-7-13(10-17(2)3)14(19)11-18/h5-6,9,13-14,19H,7-8,10-11H2,1-4H3/t13-,14+/m0/s1. The first-order valence-electron chi connectivity index (χ1n) is 7.73. The average Bonchev–Trinajstić information content (AvgIpc) is 2.48. The van der Waals surface area contributed by atoms with Gasteiger partial charge in [-0.05, 0) is 45.1 Å². The number of aliphatic hydroxyl groups excluding tert-OH is 1. The van der Waals surface area contributed by atoms with E-state index in [0.717, 1.165) is 12.1 Å². The minimum Gasteiger partial charge on any atom is -0.495 e. The number of piperidine rings is 1. The molecule has 0 spiro atoms. The van der Waals surface area contributed by atoms with Crippen molar-refractivity contribution in [1.29, 1.82) is 0 Å². The van der Waals surface area contributed by atoms with E-state index in [-0.39, 0.29) is 17.4 Å². The van der Waals surface area contributed by atoms with E-state index >= 15 is 0 Å². The number of hydrogen-bond acceptors (Lipinski definition) is 5. The highest BCUT2D eigenvalue weighted by molar-refractivity contribution is 7.89. The Morgan fingerprint density at radius 3 is 2.65 bits per heavy atom. The molecule has 0 bridgehead atoms. The van der Waals surface area contributed by atoms with E-state index in [0.29, 0.717) is 18.7 Å². The Morgan fingerprint density at radius 1 is 1.39 bits per heavy atom. The molecule has 0 unspecified atom stereocenters. The van der Waals surface area contributed by atoms with Gasteiger partial charge in [0.2, 0.25) is 10.0 Å². The number of aliphatic hydroxyl groups is 1. The SMILES string of the molecule is COc1cc(C)ccc1S(=O)(=O)N1CC[C@@H](CN(C)C)[C@H](O)C1. The van der Waals surface area contributed by atoms with Crippen LogP contribution in [0.1, 0.15) is 12.0 Å². The molecule has 2 rings (SSSR count). The second-order valence-electron chi connectivity index (χ2n) is 6.40. The molecule has 130 valence electrons. The predicted octanol–water partition coefficient (Wildman–Crippen LogP) is 0.937. The highest BCUT2D eigenvalue weighted by Gasteiger charge is 2.36. The summed E-state index contributed by atoms with van der Waals surface area (Å²) in [5, 5.41) is 10.3. The van der Waals surface area contributed by atoms with E-state index in [1.54, 1.807) is 18.2 Å². The molecule has 1 fully saturated rings. The lowest BCUT2D eigenvalue weighted by molar-refractivity contribution is 0.0394. The predicted molar refractivity (Wildman–Crippen MR) is 89.2 cm³/mol. The molecule has 1 heterocycles. The third-order valence-electron chi connectivity index (χ3n) is 4.22. The van der Waals surface area contributed by atoms with Crippen LogP contribution in [0.15, 0.2) is 23.1 Å². The van der Waals surface area contributed by atoms with E-state index in [2.05, 4.69) is 0 Å². The number of benzene rings is 1. The van der Waals surface area contributed by atoms with Crippen LogP contribution < -0.4 is 4.74 Å². The smallest absolute Gasteiger partial charge is 0.246 e. The van der Waals surface area contributed by atoms with E-state index in [9.17, 15) is 13.5 Å². The molecule has 23 heavy (non-hydrogen) atoms. The molecule has 7 heteroatoms. The molecule has 0 aromatic heterocycles. The van der Waals surface area contributed by atoms with Crippen molar-refractivity contribution in [2.75, 3.05) is 40.8 Å². The Kier molecular flexibility index (Phi) is 5.67. The minimum absolute atomic E-state index is 0.0939. The number of ether oxygens (including phenoxy) is 1. The van der Waals surface area contributed by atoms with Crippen molar-refractivity contribution in [3.8, 4) is 5.75 Å². The van der Waals surface area contributed by atoms with Crippen molar-refractivity contribution in [3.05, 3.63) is 23.8 Å². The summed E-state index contributed by atoms with van der Waals surface area (Å²) < 4.78 is 32.3. The van der Waals surface area contributed by atoms with Crippen molar-refractivity contribution in [2.45, 2.75) is 24.3 Å². The molecule has 1 aliphatic rings. The average molecular weight is 342 g/mol. The fourth-order valence-electron chi connectivity index (χ4n) is 2.98. The zero-order chi connectivity index (χ0) is 17.2. The Labute approximate surface area is 138 Å². The molecule has 1 aromatic carbocycles. The maximum absolute atomic E-state index is 12.9. The van der Waals surface area contributed by atoms with E-state index in [1.165, 1.54) is 11.4 Å². The van der Waals surface area contributed by atoms with Gasteiger partial charge in [0.1, 0.15) is 10.6 Å². The van der Waals surface area contributed by atoms with Gasteiger partial charge in [-0.3, -0.25) is 0 Å². The molecule has 0 aliphatic carbocycles. The van der Waals surface area contributed by atoms with Crippen LogP contribution in [0.2, 0.25) is 0 Å². The van der Waals surface area contributed by atoms with E-state index < -0.39 is 16.1 Å². The van der Waals surface area contributed by atoms with Crippen LogP contribution in [0.3, 0.4) is 0 Å². The summed E-state index contributed by atoms with van der Waals surface area (Å²) in [5.41, 5.74) is 0.936. The van der Waals surface area contributed by atoms with Gasteiger partial charge in [-0.15, -0.1) is 0 Å². The van der Waals surface area contributed by atoms with E-state index in [1.807, 2.05) is 25.9 Å². The van der Waals surface area contributed by atoms with E-state index in [4.69, 9.17) is 4.74 Å². The summed E-state index contributed by atoms with van der Waals surface area (Å²) in [5.74, 6) is 0.436. The first-order valence-corrected chi connectivity index (χ1v) is 9.17. The Bertz CT molecular complexity index is 645. The summed E-state index contributed by atoms with van der Waals surface area (Å²) in [6.07, 6.45) is -0.00963. The fourth-order valence-corrected chi connectivity index (χ4v) is 4.59. The van der Waals surface area contributed by atoms with Crippen LogP contribution in [0.5, 0.6) is 5.75 Å². The molecule has 6 nitrogen and oxygen atoms in total. The second-order valence-corrected chi connectivity index (χ2v) is 8.30. The Morgan fingerprint density at radius 2 is 2.09 bits per heavy atom. The van der Waals surface area contributed by atoms with Crippen LogP contribution in [0.4, 0.5) is 0 Å². The van der Waals surface area contributed by atoms with Gasteiger partial charge in [0.05, 0.1) is 13.2 Å². The van der Waals surface area contributed by atoms with Crippen LogP contribution in [-0.2, 0) is 10.0 Å². The number of hydrogen-bond donors (Lipinski definition) is 1. The number of aryl methyl sites for hydroxylation is 1. The molecule has 1 aliphatic heterocycles. The first kappa shape index (κ1) is 18.2. The Balaban J connectivity index is 2.22. The lowest BCUT2D eigenvalue weighted by atomic mass is 9.95. The number of nitrogens with zero attached hydrogens (tertiary/aromatic N) is 2. The quantitative estimate of drug-likeness (QED) is 0.862. The number of β-amino-alcohol motifs (C(OH)–C–C–N with tert-alkyl or cyclic N) is 1. The first-order chi connectivity index (χ1) is 10.8. The van der Waals surface area contributed by atoms with Crippen LogP contribution in [0, 0.1) is 12.8 Å². The van der Waals surface area contributed by atoms with Crippen LogP contribution >= 0.6 is 0 Å². The number of sulfonamides is 1. The summed E-state index contributed by atoms with van der Waals surface area (Å²) >= 11 is 0. The largest absolute Gasteiger partial charge is 0.495 e. The van der Waals surface area contributed by atoms with Crippen molar-refractivity contribution in [2.24, 2.45) is 5.92 Å². The molecule has 0 radical (unpaired) electrons. The number of methoxy groups -OCH3 is 1. The van der Waals surface area contributed by atoms with Crippen LogP contribution in [0.25, 0.3) is 0 Å². The van der Waals surface area contributed by atoms with Gasteiger partial charge >= 0.3 is 0 Å². The monoisotopic (exact) mass is 342 g/mol. The molecular weight excluding hydrogens is 316 g/mol. The maximum Gasteiger partial charge on any atom is 0.246 e. The minimum atomic E-state index is -3.67. The van der Waals surface area contributed by atoms with Gasteiger partial charge in [-0.25, -0.2) is 8.42 Å². The maximum atomic E-state index is 12.9. The van der Waals surface area contributed by atoms with Gasteiger partial charge in [-0.2, -0.15) is 4.31 Å². The third-order valence-corrected chi connectivity index (χ3v) is 6.13. The highest BCUT2D eigenvalue weighted by atomic mass is 32.2. The van der Waals surface area contributed by atoms with Crippen molar-refractivity contribution in [1.82, 2.24) is 9.21 Å². The molecule has 2 atom stereocenters. The second kappa shape index (κ2) is 7.17.